The Morgan fingerprint density at radius 3 is 2.48 bits per heavy atom. The maximum absolute atomic E-state index is 13.2. The van der Waals surface area contributed by atoms with Crippen molar-refractivity contribution in [2.24, 2.45) is 0 Å². The Morgan fingerprint density at radius 1 is 1.19 bits per heavy atom. The third kappa shape index (κ3) is 4.13. The van der Waals surface area contributed by atoms with Crippen LogP contribution in [-0.4, -0.2) is 66.4 Å². The predicted molar refractivity (Wildman–Crippen MR) is 99.8 cm³/mol. The minimum atomic E-state index is -0.717. The first-order valence-corrected chi connectivity index (χ1v) is 9.37. The van der Waals surface area contributed by atoms with E-state index in [1.54, 1.807) is 16.8 Å². The number of benzene rings is 1. The van der Waals surface area contributed by atoms with Gasteiger partial charge in [0.1, 0.15) is 6.61 Å². The number of rotatable bonds is 3. The quantitative estimate of drug-likeness (QED) is 0.858. The Morgan fingerprint density at radius 2 is 1.85 bits per heavy atom. The number of hydrogen-bond donors (Lipinski definition) is 1. The second kappa shape index (κ2) is 8.08. The van der Waals surface area contributed by atoms with Gasteiger partial charge in [-0.1, -0.05) is 24.3 Å². The third-order valence-corrected chi connectivity index (χ3v) is 5.45. The zero-order valence-electron chi connectivity index (χ0n) is 16.1. The molecule has 146 valence electrons. The van der Waals surface area contributed by atoms with Crippen LogP contribution in [0.15, 0.2) is 24.3 Å². The number of morpholine rings is 1. The van der Waals surface area contributed by atoms with Gasteiger partial charge in [0.2, 0.25) is 11.8 Å². The summed E-state index contributed by atoms with van der Waals surface area (Å²) in [6.45, 7) is 4.54. The van der Waals surface area contributed by atoms with Gasteiger partial charge in [-0.05, 0) is 30.9 Å². The Hall–Kier alpha value is -2.41. The summed E-state index contributed by atoms with van der Waals surface area (Å²) in [5.41, 5.74) is 1.95. The fraction of sp³-hybridized carbons (Fsp3) is 0.550. The average Bonchev–Trinajstić information content (AvgIpc) is 2.64. The molecule has 0 bridgehead atoms. The molecule has 2 atom stereocenters. The largest absolute Gasteiger partial charge is 0.356 e. The lowest BCUT2D eigenvalue weighted by Gasteiger charge is -2.42. The Bertz CT molecular complexity index is 728. The van der Waals surface area contributed by atoms with Crippen molar-refractivity contribution in [3.05, 3.63) is 35.4 Å². The van der Waals surface area contributed by atoms with Gasteiger partial charge in [0.15, 0.2) is 6.10 Å². The molecule has 1 aromatic carbocycles. The van der Waals surface area contributed by atoms with Crippen LogP contribution >= 0.6 is 0 Å². The maximum Gasteiger partial charge on any atom is 0.254 e. The van der Waals surface area contributed by atoms with Crippen molar-refractivity contribution in [3.8, 4) is 0 Å². The van der Waals surface area contributed by atoms with Gasteiger partial charge in [-0.25, -0.2) is 0 Å². The number of nitrogens with one attached hydrogen (secondary N) is 1. The summed E-state index contributed by atoms with van der Waals surface area (Å²) in [6, 6.07) is 7.44. The van der Waals surface area contributed by atoms with E-state index in [1.165, 1.54) is 6.92 Å². The number of likely N-dealkylation sites (N-methyl/N-ethyl adjacent to an activating group) is 1. The highest BCUT2D eigenvalue weighted by atomic mass is 16.5. The number of carbonyl (C=O) groups excluding carboxylic acids is 3. The van der Waals surface area contributed by atoms with Crippen molar-refractivity contribution in [2.45, 2.75) is 44.9 Å². The molecular weight excluding hydrogens is 346 g/mol. The highest BCUT2D eigenvalue weighted by Gasteiger charge is 2.42. The molecule has 0 radical (unpaired) electrons. The van der Waals surface area contributed by atoms with E-state index in [0.717, 1.165) is 24.0 Å². The van der Waals surface area contributed by atoms with Gasteiger partial charge in [-0.2, -0.15) is 0 Å². The van der Waals surface area contributed by atoms with Gasteiger partial charge in [-0.3, -0.25) is 14.4 Å². The molecule has 2 unspecified atom stereocenters. The van der Waals surface area contributed by atoms with Gasteiger partial charge in [0.25, 0.3) is 5.91 Å². The van der Waals surface area contributed by atoms with Crippen LogP contribution in [0.25, 0.3) is 0 Å². The molecule has 0 spiro atoms. The SMILES string of the molecule is CC(=O)NC1CCN(C(=O)C2OCC(=O)N(C)C2c2ccccc2C)CC1. The predicted octanol–water partition coefficient (Wildman–Crippen LogP) is 1.02. The van der Waals surface area contributed by atoms with Crippen LogP contribution in [0.4, 0.5) is 0 Å². The first-order valence-electron chi connectivity index (χ1n) is 9.37. The first kappa shape index (κ1) is 19.4. The number of aryl methyl sites for hydroxylation is 1. The summed E-state index contributed by atoms with van der Waals surface area (Å²) >= 11 is 0. The average molecular weight is 373 g/mol. The molecule has 0 saturated carbocycles. The van der Waals surface area contributed by atoms with Gasteiger partial charge in [0.05, 0.1) is 6.04 Å². The molecule has 1 N–H and O–H groups in total. The number of carbonyl (C=O) groups is 3. The first-order chi connectivity index (χ1) is 12.9. The molecule has 7 nitrogen and oxygen atoms in total. The minimum absolute atomic E-state index is 0.0462. The molecule has 0 aliphatic carbocycles. The number of hydrogen-bond acceptors (Lipinski definition) is 4. The van der Waals surface area contributed by atoms with Crippen molar-refractivity contribution in [1.82, 2.24) is 15.1 Å². The van der Waals surface area contributed by atoms with Crippen molar-refractivity contribution in [2.75, 3.05) is 26.7 Å². The summed E-state index contributed by atoms with van der Waals surface area (Å²) in [5.74, 6) is -0.268. The summed E-state index contributed by atoms with van der Waals surface area (Å²) < 4.78 is 5.74. The molecule has 2 heterocycles. The molecule has 27 heavy (non-hydrogen) atoms. The Labute approximate surface area is 159 Å². The number of ether oxygens (including phenoxy) is 1. The summed E-state index contributed by atoms with van der Waals surface area (Å²) in [4.78, 5) is 40.1. The van der Waals surface area contributed by atoms with Crippen LogP contribution in [0.1, 0.15) is 36.9 Å². The summed E-state index contributed by atoms with van der Waals surface area (Å²) in [5, 5.41) is 2.91. The normalized spacial score (nSPS) is 24.0. The van der Waals surface area contributed by atoms with E-state index in [9.17, 15) is 14.4 Å². The molecule has 1 aromatic rings. The van der Waals surface area contributed by atoms with E-state index in [1.807, 2.05) is 31.2 Å². The standard InChI is InChI=1S/C20H27N3O4/c1-13-6-4-5-7-16(13)18-19(27-12-17(25)22(18)3)20(26)23-10-8-15(9-11-23)21-14(2)24/h4-7,15,18-19H,8-12H2,1-3H3,(H,21,24). The lowest BCUT2D eigenvalue weighted by atomic mass is 9.93. The lowest BCUT2D eigenvalue weighted by molar-refractivity contribution is -0.168. The minimum Gasteiger partial charge on any atom is -0.356 e. The highest BCUT2D eigenvalue weighted by molar-refractivity contribution is 5.86. The van der Waals surface area contributed by atoms with Crippen LogP contribution in [0.3, 0.4) is 0 Å². The molecule has 7 heteroatoms. The highest BCUT2D eigenvalue weighted by Crippen LogP contribution is 2.32. The van der Waals surface area contributed by atoms with Crippen LogP contribution < -0.4 is 5.32 Å². The fourth-order valence-electron chi connectivity index (χ4n) is 3.92. The zero-order valence-corrected chi connectivity index (χ0v) is 16.1. The number of piperidine rings is 1. The van der Waals surface area contributed by atoms with Crippen LogP contribution in [-0.2, 0) is 19.1 Å². The number of likely N-dealkylation sites (tertiary alicyclic amines) is 1. The topological polar surface area (TPSA) is 79.0 Å². The summed E-state index contributed by atoms with van der Waals surface area (Å²) in [6.07, 6.45) is 0.732. The molecule has 2 aliphatic rings. The van der Waals surface area contributed by atoms with Crippen molar-refractivity contribution in [3.63, 3.8) is 0 Å². The van der Waals surface area contributed by atoms with E-state index in [2.05, 4.69) is 5.32 Å². The molecule has 3 rings (SSSR count). The van der Waals surface area contributed by atoms with Crippen molar-refractivity contribution in [1.29, 1.82) is 0 Å². The van der Waals surface area contributed by atoms with Crippen molar-refractivity contribution < 1.29 is 19.1 Å². The van der Waals surface area contributed by atoms with Gasteiger partial charge < -0.3 is 19.9 Å². The Balaban J connectivity index is 1.77. The monoisotopic (exact) mass is 373 g/mol. The van der Waals surface area contributed by atoms with E-state index in [4.69, 9.17) is 4.74 Å². The molecular formula is C20H27N3O4. The Kier molecular flexibility index (Phi) is 5.79. The number of amides is 3. The van der Waals surface area contributed by atoms with E-state index in [0.29, 0.717) is 13.1 Å². The third-order valence-electron chi connectivity index (χ3n) is 5.45. The number of nitrogens with zero attached hydrogens (tertiary/aromatic N) is 2. The van der Waals surface area contributed by atoms with Crippen LogP contribution in [0.2, 0.25) is 0 Å². The molecule has 2 fully saturated rings. The summed E-state index contributed by atoms with van der Waals surface area (Å²) in [7, 11) is 1.73. The molecule has 2 aliphatic heterocycles. The van der Waals surface area contributed by atoms with Crippen LogP contribution in [0, 0.1) is 6.92 Å². The lowest BCUT2D eigenvalue weighted by Crippen LogP contribution is -2.56. The van der Waals surface area contributed by atoms with Gasteiger partial charge in [0, 0.05) is 33.1 Å². The van der Waals surface area contributed by atoms with Crippen LogP contribution in [0.5, 0.6) is 0 Å². The second-order valence-corrected chi connectivity index (χ2v) is 7.34. The zero-order chi connectivity index (χ0) is 19.6. The molecule has 0 aromatic heterocycles. The smallest absolute Gasteiger partial charge is 0.254 e. The fourth-order valence-corrected chi connectivity index (χ4v) is 3.92. The molecule has 3 amide bonds. The van der Waals surface area contributed by atoms with Crippen molar-refractivity contribution >= 4 is 17.7 Å². The maximum atomic E-state index is 13.2. The van der Waals surface area contributed by atoms with E-state index >= 15 is 0 Å². The second-order valence-electron chi connectivity index (χ2n) is 7.34. The van der Waals surface area contributed by atoms with Gasteiger partial charge >= 0.3 is 0 Å². The molecule has 2 saturated heterocycles. The van der Waals surface area contributed by atoms with Gasteiger partial charge in [-0.15, -0.1) is 0 Å². The van der Waals surface area contributed by atoms with E-state index in [-0.39, 0.29) is 30.4 Å². The van der Waals surface area contributed by atoms with E-state index < -0.39 is 12.1 Å².